The highest BCUT2D eigenvalue weighted by Crippen LogP contribution is 2.42. The highest BCUT2D eigenvalue weighted by Gasteiger charge is 2.31. The lowest BCUT2D eigenvalue weighted by molar-refractivity contribution is 0.0698. The van der Waals surface area contributed by atoms with E-state index in [4.69, 9.17) is 0 Å². The van der Waals surface area contributed by atoms with Gasteiger partial charge in [0.05, 0.1) is 5.56 Å². The van der Waals surface area contributed by atoms with E-state index in [1.165, 1.54) is 0 Å². The van der Waals surface area contributed by atoms with Crippen LogP contribution in [-0.4, -0.2) is 21.0 Å². The van der Waals surface area contributed by atoms with Crippen LogP contribution in [0.2, 0.25) is 0 Å². The summed E-state index contributed by atoms with van der Waals surface area (Å²) in [6.07, 6.45) is 3.82. The van der Waals surface area contributed by atoms with E-state index in [0.717, 1.165) is 18.5 Å². The second kappa shape index (κ2) is 2.82. The molecule has 2 aromatic heterocycles. The van der Waals surface area contributed by atoms with E-state index in [9.17, 15) is 9.90 Å². The molecule has 1 fully saturated rings. The first-order chi connectivity index (χ1) is 7.27. The Hall–Kier alpha value is -1.84. The van der Waals surface area contributed by atoms with Crippen LogP contribution in [-0.2, 0) is 0 Å². The third kappa shape index (κ3) is 1.21. The molecule has 3 rings (SSSR count). The number of nitrogens with one attached hydrogen (secondary N) is 1. The highest BCUT2D eigenvalue weighted by atomic mass is 16.4. The molecule has 0 bridgehead atoms. The summed E-state index contributed by atoms with van der Waals surface area (Å²) in [5.74, 6) is -0.471. The molecule has 2 heterocycles. The van der Waals surface area contributed by atoms with Gasteiger partial charge in [-0.3, -0.25) is 0 Å². The first-order valence-electron chi connectivity index (χ1n) is 4.97. The number of H-pyrrole nitrogens is 1. The minimum absolute atomic E-state index is 0.394. The summed E-state index contributed by atoms with van der Waals surface area (Å²) in [6.45, 7) is 0. The molecule has 0 radical (unpaired) electrons. The number of aromatic carboxylic acids is 1. The molecule has 4 heteroatoms. The van der Waals surface area contributed by atoms with Crippen molar-refractivity contribution in [3.63, 3.8) is 0 Å². The van der Waals surface area contributed by atoms with Gasteiger partial charge in [-0.15, -0.1) is 0 Å². The Balaban J connectivity index is 2.33. The molecule has 76 valence electrons. The fourth-order valence-electron chi connectivity index (χ4n) is 1.95. The Morgan fingerprint density at radius 3 is 3.00 bits per heavy atom. The quantitative estimate of drug-likeness (QED) is 0.784. The van der Waals surface area contributed by atoms with Crippen LogP contribution in [0.15, 0.2) is 18.3 Å². The Bertz CT molecular complexity index is 541. The zero-order valence-electron chi connectivity index (χ0n) is 8.03. The molecule has 2 N–H and O–H groups in total. The van der Waals surface area contributed by atoms with E-state index in [1.807, 2.05) is 0 Å². The molecule has 1 aliphatic rings. The highest BCUT2D eigenvalue weighted by molar-refractivity contribution is 6.03. The van der Waals surface area contributed by atoms with Crippen LogP contribution in [0.3, 0.4) is 0 Å². The predicted octanol–water partition coefficient (Wildman–Crippen LogP) is 2.14. The molecular weight excluding hydrogens is 192 g/mol. The van der Waals surface area contributed by atoms with Crippen molar-refractivity contribution in [3.05, 3.63) is 29.6 Å². The van der Waals surface area contributed by atoms with Crippen LogP contribution < -0.4 is 0 Å². The number of aromatic amines is 1. The summed E-state index contributed by atoms with van der Waals surface area (Å²) < 4.78 is 0. The maximum atomic E-state index is 11.2. The number of carbonyl (C=O) groups is 1. The third-order valence-corrected chi connectivity index (χ3v) is 2.80. The largest absolute Gasteiger partial charge is 0.478 e. The van der Waals surface area contributed by atoms with Gasteiger partial charge in [0.2, 0.25) is 0 Å². The van der Waals surface area contributed by atoms with Crippen molar-refractivity contribution in [1.29, 1.82) is 0 Å². The molecule has 1 saturated carbocycles. The lowest BCUT2D eigenvalue weighted by atomic mass is 10.1. The van der Waals surface area contributed by atoms with Gasteiger partial charge < -0.3 is 10.1 Å². The summed E-state index contributed by atoms with van der Waals surface area (Å²) >= 11 is 0. The molecule has 4 nitrogen and oxygen atoms in total. The van der Waals surface area contributed by atoms with E-state index >= 15 is 0 Å². The van der Waals surface area contributed by atoms with Gasteiger partial charge in [-0.2, -0.15) is 0 Å². The number of pyridine rings is 1. The summed E-state index contributed by atoms with van der Waals surface area (Å²) in [5, 5.41) is 9.90. The zero-order chi connectivity index (χ0) is 10.4. The molecule has 0 amide bonds. The first-order valence-corrected chi connectivity index (χ1v) is 4.97. The maximum Gasteiger partial charge on any atom is 0.338 e. The first kappa shape index (κ1) is 8.47. The van der Waals surface area contributed by atoms with Crippen molar-refractivity contribution < 1.29 is 9.90 Å². The number of hydrogen-bond acceptors (Lipinski definition) is 2. The van der Waals surface area contributed by atoms with Crippen LogP contribution in [0.4, 0.5) is 0 Å². The van der Waals surface area contributed by atoms with E-state index in [-0.39, 0.29) is 0 Å². The van der Waals surface area contributed by atoms with Gasteiger partial charge in [-0.1, -0.05) is 0 Å². The fraction of sp³-hybridized carbons (Fsp3) is 0.273. The van der Waals surface area contributed by atoms with Crippen molar-refractivity contribution in [3.8, 4) is 0 Å². The number of rotatable bonds is 2. The summed E-state index contributed by atoms with van der Waals surface area (Å²) in [6, 6.07) is 3.56. The molecule has 0 aliphatic heterocycles. The third-order valence-electron chi connectivity index (χ3n) is 2.80. The minimum atomic E-state index is -0.865. The summed E-state index contributed by atoms with van der Waals surface area (Å²) in [7, 11) is 0. The second-order valence-electron chi connectivity index (χ2n) is 3.89. The van der Waals surface area contributed by atoms with E-state index in [2.05, 4.69) is 9.97 Å². The molecule has 0 spiro atoms. The van der Waals surface area contributed by atoms with Crippen LogP contribution >= 0.6 is 0 Å². The number of hydrogen-bond donors (Lipinski definition) is 2. The fourth-order valence-corrected chi connectivity index (χ4v) is 1.95. The smallest absolute Gasteiger partial charge is 0.338 e. The van der Waals surface area contributed by atoms with Crippen LogP contribution in [0.25, 0.3) is 11.0 Å². The molecule has 0 saturated heterocycles. The van der Waals surface area contributed by atoms with E-state index in [1.54, 1.807) is 18.3 Å². The molecule has 0 atom stereocenters. The molecule has 15 heavy (non-hydrogen) atoms. The van der Waals surface area contributed by atoms with Gasteiger partial charge in [0.15, 0.2) is 0 Å². The normalized spacial score (nSPS) is 15.7. The van der Waals surface area contributed by atoms with Gasteiger partial charge in [-0.25, -0.2) is 9.78 Å². The van der Waals surface area contributed by atoms with Crippen molar-refractivity contribution in [1.82, 2.24) is 9.97 Å². The molecule has 2 aromatic rings. The zero-order valence-corrected chi connectivity index (χ0v) is 8.03. The van der Waals surface area contributed by atoms with Gasteiger partial charge >= 0.3 is 5.97 Å². The van der Waals surface area contributed by atoms with Crippen molar-refractivity contribution >= 4 is 17.0 Å². The van der Waals surface area contributed by atoms with Gasteiger partial charge in [0.25, 0.3) is 0 Å². The van der Waals surface area contributed by atoms with Crippen molar-refractivity contribution in [2.45, 2.75) is 18.8 Å². The predicted molar refractivity (Wildman–Crippen MR) is 55.0 cm³/mol. The molecular formula is C11H10N2O2. The standard InChI is InChI=1S/C11H10N2O2/c14-11(15)8-7-2-1-5-12-10(7)13-9(8)6-3-4-6/h1-2,5-6H,3-4H2,(H,12,13)(H,14,15). The van der Waals surface area contributed by atoms with Crippen molar-refractivity contribution in [2.24, 2.45) is 0 Å². The van der Waals surface area contributed by atoms with E-state index in [0.29, 0.717) is 22.5 Å². The Morgan fingerprint density at radius 1 is 1.53 bits per heavy atom. The maximum absolute atomic E-state index is 11.2. The molecule has 1 aliphatic carbocycles. The summed E-state index contributed by atoms with van der Waals surface area (Å²) in [4.78, 5) is 18.4. The lowest BCUT2D eigenvalue weighted by Gasteiger charge is -1.95. The average molecular weight is 202 g/mol. The van der Waals surface area contributed by atoms with Gasteiger partial charge in [0, 0.05) is 17.3 Å². The second-order valence-corrected chi connectivity index (χ2v) is 3.89. The summed E-state index contributed by atoms with van der Waals surface area (Å²) in [5.41, 5.74) is 1.92. The topological polar surface area (TPSA) is 66.0 Å². The number of aromatic nitrogens is 2. The number of carboxylic acids is 1. The molecule has 0 unspecified atom stereocenters. The van der Waals surface area contributed by atoms with Crippen LogP contribution in [0.5, 0.6) is 0 Å². The van der Waals surface area contributed by atoms with Gasteiger partial charge in [0.1, 0.15) is 5.65 Å². The SMILES string of the molecule is O=C(O)c1c(C2CC2)[nH]c2ncccc12. The van der Waals surface area contributed by atoms with Crippen molar-refractivity contribution in [2.75, 3.05) is 0 Å². The van der Waals surface area contributed by atoms with E-state index < -0.39 is 5.97 Å². The molecule has 0 aromatic carbocycles. The Morgan fingerprint density at radius 2 is 2.33 bits per heavy atom. The minimum Gasteiger partial charge on any atom is -0.478 e. The lowest BCUT2D eigenvalue weighted by Crippen LogP contribution is -1.99. The van der Waals surface area contributed by atoms with Gasteiger partial charge in [-0.05, 0) is 30.9 Å². The number of nitrogens with zero attached hydrogens (tertiary/aromatic N) is 1. The van der Waals surface area contributed by atoms with Crippen LogP contribution in [0, 0.1) is 0 Å². The number of carboxylic acid groups (broad SMARTS) is 1. The van der Waals surface area contributed by atoms with Crippen LogP contribution in [0.1, 0.15) is 34.8 Å². The average Bonchev–Trinajstić information content (AvgIpc) is 2.98. The monoisotopic (exact) mass is 202 g/mol. The number of fused-ring (bicyclic) bond motifs is 1. The Labute approximate surface area is 86.0 Å². The Kier molecular flexibility index (Phi) is 1.59.